The summed E-state index contributed by atoms with van der Waals surface area (Å²) in [5.41, 5.74) is 7.24. The lowest BCUT2D eigenvalue weighted by Gasteiger charge is -2.33. The molecular formula is C14H20ClNO. The largest absolute Gasteiger partial charge is 0.487 e. The molecule has 2 nitrogen and oxygen atoms in total. The molecule has 0 aromatic heterocycles. The molecule has 2 rings (SSSR count). The van der Waals surface area contributed by atoms with E-state index in [-0.39, 0.29) is 12.1 Å². The van der Waals surface area contributed by atoms with Gasteiger partial charge < -0.3 is 10.5 Å². The van der Waals surface area contributed by atoms with Crippen LogP contribution in [0.3, 0.4) is 0 Å². The van der Waals surface area contributed by atoms with Gasteiger partial charge in [-0.3, -0.25) is 0 Å². The SMILES string of the molecule is Cc1ccc(OC2CC(C)CCC2N)c(Cl)c1. The Morgan fingerprint density at radius 3 is 2.82 bits per heavy atom. The van der Waals surface area contributed by atoms with E-state index in [1.165, 1.54) is 6.42 Å². The van der Waals surface area contributed by atoms with Gasteiger partial charge in [-0.15, -0.1) is 0 Å². The van der Waals surface area contributed by atoms with Gasteiger partial charge in [0.2, 0.25) is 0 Å². The number of benzene rings is 1. The highest BCUT2D eigenvalue weighted by atomic mass is 35.5. The van der Waals surface area contributed by atoms with E-state index in [9.17, 15) is 0 Å². The molecule has 1 aliphatic carbocycles. The maximum absolute atomic E-state index is 6.17. The molecule has 1 saturated carbocycles. The first-order valence-corrected chi connectivity index (χ1v) is 6.62. The van der Waals surface area contributed by atoms with Crippen molar-refractivity contribution >= 4 is 11.6 Å². The summed E-state index contributed by atoms with van der Waals surface area (Å²) >= 11 is 6.17. The number of hydrogen-bond acceptors (Lipinski definition) is 2. The first-order chi connectivity index (χ1) is 8.06. The van der Waals surface area contributed by atoms with Gasteiger partial charge in [-0.1, -0.05) is 24.6 Å². The van der Waals surface area contributed by atoms with Crippen LogP contribution in [0.5, 0.6) is 5.75 Å². The van der Waals surface area contributed by atoms with Gasteiger partial charge in [0.1, 0.15) is 11.9 Å². The Balaban J connectivity index is 2.08. The van der Waals surface area contributed by atoms with Crippen molar-refractivity contribution < 1.29 is 4.74 Å². The standard InChI is InChI=1S/C14H20ClNO/c1-9-4-6-13(11(15)7-9)17-14-8-10(2)3-5-12(14)16/h4,6-7,10,12,14H,3,5,8,16H2,1-2H3. The average molecular weight is 254 g/mol. The topological polar surface area (TPSA) is 35.2 Å². The fraction of sp³-hybridized carbons (Fsp3) is 0.571. The van der Waals surface area contributed by atoms with E-state index in [4.69, 9.17) is 22.1 Å². The summed E-state index contributed by atoms with van der Waals surface area (Å²) in [6.07, 6.45) is 3.35. The van der Waals surface area contributed by atoms with Gasteiger partial charge in [0.15, 0.2) is 0 Å². The molecule has 2 N–H and O–H groups in total. The molecule has 1 aromatic rings. The first kappa shape index (κ1) is 12.7. The Morgan fingerprint density at radius 2 is 2.12 bits per heavy atom. The van der Waals surface area contributed by atoms with E-state index in [1.54, 1.807) is 0 Å². The fourth-order valence-electron chi connectivity index (χ4n) is 2.35. The third-order valence-corrected chi connectivity index (χ3v) is 3.77. The van der Waals surface area contributed by atoms with Crippen LogP contribution in [0.25, 0.3) is 0 Å². The van der Waals surface area contributed by atoms with Crippen molar-refractivity contribution in [3.63, 3.8) is 0 Å². The zero-order valence-electron chi connectivity index (χ0n) is 10.4. The summed E-state index contributed by atoms with van der Waals surface area (Å²) in [4.78, 5) is 0. The highest BCUT2D eigenvalue weighted by molar-refractivity contribution is 6.32. The third-order valence-electron chi connectivity index (χ3n) is 3.47. The van der Waals surface area contributed by atoms with Crippen LogP contribution < -0.4 is 10.5 Å². The van der Waals surface area contributed by atoms with Crippen molar-refractivity contribution in [2.75, 3.05) is 0 Å². The minimum absolute atomic E-state index is 0.0963. The summed E-state index contributed by atoms with van der Waals surface area (Å²) in [7, 11) is 0. The smallest absolute Gasteiger partial charge is 0.138 e. The molecule has 0 spiro atoms. The van der Waals surface area contributed by atoms with Crippen molar-refractivity contribution in [3.8, 4) is 5.75 Å². The molecule has 94 valence electrons. The molecule has 0 amide bonds. The minimum atomic E-state index is 0.0963. The summed E-state index contributed by atoms with van der Waals surface area (Å²) in [6.45, 7) is 4.27. The number of nitrogens with two attached hydrogens (primary N) is 1. The van der Waals surface area contributed by atoms with Crippen LogP contribution >= 0.6 is 11.6 Å². The second-order valence-corrected chi connectivity index (χ2v) is 5.58. The predicted octanol–water partition coefficient (Wildman–Crippen LogP) is 3.54. The Labute approximate surface area is 108 Å². The summed E-state index contributed by atoms with van der Waals surface area (Å²) in [5, 5.41) is 0.676. The fourth-order valence-corrected chi connectivity index (χ4v) is 2.63. The van der Waals surface area contributed by atoms with Gasteiger partial charge in [0, 0.05) is 6.04 Å². The Hall–Kier alpha value is -0.730. The molecule has 1 aromatic carbocycles. The second-order valence-electron chi connectivity index (χ2n) is 5.17. The molecule has 0 aliphatic heterocycles. The molecule has 0 saturated heterocycles. The summed E-state index contributed by atoms with van der Waals surface area (Å²) in [5.74, 6) is 1.44. The summed E-state index contributed by atoms with van der Waals surface area (Å²) in [6, 6.07) is 6.00. The number of halogens is 1. The van der Waals surface area contributed by atoms with Crippen LogP contribution in [0.2, 0.25) is 5.02 Å². The highest BCUT2D eigenvalue weighted by Gasteiger charge is 2.27. The predicted molar refractivity (Wildman–Crippen MR) is 71.6 cm³/mol. The zero-order valence-corrected chi connectivity index (χ0v) is 11.2. The van der Waals surface area contributed by atoms with Crippen LogP contribution in [0.4, 0.5) is 0 Å². The maximum Gasteiger partial charge on any atom is 0.138 e. The van der Waals surface area contributed by atoms with Crippen molar-refractivity contribution in [2.45, 2.75) is 45.3 Å². The van der Waals surface area contributed by atoms with Crippen LogP contribution in [-0.4, -0.2) is 12.1 Å². The lowest BCUT2D eigenvalue weighted by Crippen LogP contribution is -2.43. The van der Waals surface area contributed by atoms with E-state index < -0.39 is 0 Å². The van der Waals surface area contributed by atoms with E-state index in [0.29, 0.717) is 10.9 Å². The first-order valence-electron chi connectivity index (χ1n) is 6.24. The Kier molecular flexibility index (Phi) is 3.95. The van der Waals surface area contributed by atoms with E-state index in [0.717, 1.165) is 24.2 Å². The monoisotopic (exact) mass is 253 g/mol. The zero-order chi connectivity index (χ0) is 12.4. The van der Waals surface area contributed by atoms with E-state index in [1.807, 2.05) is 25.1 Å². The Morgan fingerprint density at radius 1 is 1.35 bits per heavy atom. The number of hydrogen-bond donors (Lipinski definition) is 1. The second kappa shape index (κ2) is 5.28. The molecule has 3 heteroatoms. The van der Waals surface area contributed by atoms with Gasteiger partial charge in [0.05, 0.1) is 5.02 Å². The molecule has 0 bridgehead atoms. The highest BCUT2D eigenvalue weighted by Crippen LogP contribution is 2.31. The third kappa shape index (κ3) is 3.14. The quantitative estimate of drug-likeness (QED) is 0.875. The van der Waals surface area contributed by atoms with Gasteiger partial charge in [-0.05, 0) is 49.8 Å². The lowest BCUT2D eigenvalue weighted by molar-refractivity contribution is 0.108. The Bertz CT molecular complexity index is 394. The van der Waals surface area contributed by atoms with Crippen LogP contribution in [-0.2, 0) is 0 Å². The van der Waals surface area contributed by atoms with Crippen molar-refractivity contribution in [1.82, 2.24) is 0 Å². The molecule has 3 atom stereocenters. The lowest BCUT2D eigenvalue weighted by atomic mass is 9.85. The maximum atomic E-state index is 6.17. The molecule has 0 heterocycles. The minimum Gasteiger partial charge on any atom is -0.487 e. The molecule has 0 radical (unpaired) electrons. The van der Waals surface area contributed by atoms with Gasteiger partial charge in [0.25, 0.3) is 0 Å². The number of aryl methyl sites for hydroxylation is 1. The van der Waals surface area contributed by atoms with Crippen molar-refractivity contribution in [2.24, 2.45) is 11.7 Å². The molecule has 3 unspecified atom stereocenters. The number of rotatable bonds is 2. The summed E-state index contributed by atoms with van der Waals surface area (Å²) < 4.78 is 5.97. The van der Waals surface area contributed by atoms with Crippen molar-refractivity contribution in [3.05, 3.63) is 28.8 Å². The van der Waals surface area contributed by atoms with Gasteiger partial charge >= 0.3 is 0 Å². The number of ether oxygens (including phenoxy) is 1. The van der Waals surface area contributed by atoms with Crippen molar-refractivity contribution in [1.29, 1.82) is 0 Å². The molecule has 17 heavy (non-hydrogen) atoms. The van der Waals surface area contributed by atoms with Gasteiger partial charge in [-0.2, -0.15) is 0 Å². The molecule has 1 aliphatic rings. The van der Waals surface area contributed by atoms with Crippen LogP contribution in [0.1, 0.15) is 31.7 Å². The van der Waals surface area contributed by atoms with Gasteiger partial charge in [-0.25, -0.2) is 0 Å². The van der Waals surface area contributed by atoms with E-state index in [2.05, 4.69) is 6.92 Å². The van der Waals surface area contributed by atoms with E-state index >= 15 is 0 Å². The normalized spacial score (nSPS) is 29.1. The molecular weight excluding hydrogens is 234 g/mol. The van der Waals surface area contributed by atoms with Crippen LogP contribution in [0, 0.1) is 12.8 Å². The average Bonchev–Trinajstić information content (AvgIpc) is 2.27. The molecule has 1 fully saturated rings. The van der Waals surface area contributed by atoms with Crippen LogP contribution in [0.15, 0.2) is 18.2 Å².